The number of hydrogen-bond donors (Lipinski definition) is 2. The second-order valence-electron chi connectivity index (χ2n) is 10.1. The number of rotatable bonds is 5. The lowest BCUT2D eigenvalue weighted by Gasteiger charge is -2.50. The van der Waals surface area contributed by atoms with E-state index in [-0.39, 0.29) is 29.6 Å². The standard InChI is InChI=1S/C26H30N2O5/c1-26-11-10-20-21(23(26)8-9-25(26)30)7-4-17-13-24(29)18(12-22(17)20)14-27-33-15-16-2-5-19(6-3-16)28(31)32/h2-3,5-6,12-14,20-21,23,25,29-30H,4,7-11,15H2,1H3/t20-,21+,23-,25?,26-/m0/s1. The molecule has 3 aliphatic carbocycles. The Kier molecular flexibility index (Phi) is 5.60. The van der Waals surface area contributed by atoms with E-state index >= 15 is 0 Å². The number of benzene rings is 2. The van der Waals surface area contributed by atoms with Crippen LogP contribution in [0.2, 0.25) is 0 Å². The zero-order valence-electron chi connectivity index (χ0n) is 18.8. The Morgan fingerprint density at radius 3 is 2.76 bits per heavy atom. The Morgan fingerprint density at radius 1 is 1.21 bits per heavy atom. The van der Waals surface area contributed by atoms with E-state index in [0.717, 1.165) is 44.1 Å². The van der Waals surface area contributed by atoms with E-state index in [2.05, 4.69) is 18.1 Å². The van der Waals surface area contributed by atoms with Crippen LogP contribution in [0.15, 0.2) is 41.6 Å². The number of aliphatic hydroxyl groups is 1. The second-order valence-corrected chi connectivity index (χ2v) is 10.1. The molecule has 0 bridgehead atoms. The SMILES string of the molecule is C[C@]12CC[C@@H]3c4cc(C=NOCc5ccc([N+](=O)[O-])cc5)c(O)cc4CC[C@H]3[C@@H]1CCC2O. The van der Waals surface area contributed by atoms with E-state index in [1.807, 2.05) is 6.07 Å². The zero-order chi connectivity index (χ0) is 23.2. The van der Waals surface area contributed by atoms with E-state index in [1.54, 1.807) is 12.1 Å². The molecule has 5 rings (SSSR count). The van der Waals surface area contributed by atoms with Crippen molar-refractivity contribution in [3.8, 4) is 5.75 Å². The van der Waals surface area contributed by atoms with Gasteiger partial charge in [-0.2, -0.15) is 0 Å². The highest BCUT2D eigenvalue weighted by atomic mass is 16.6. The normalized spacial score (nSPS) is 30.5. The first-order chi connectivity index (χ1) is 15.9. The summed E-state index contributed by atoms with van der Waals surface area (Å²) in [6, 6.07) is 10.1. The number of oxime groups is 1. The minimum Gasteiger partial charge on any atom is -0.507 e. The number of hydrogen-bond acceptors (Lipinski definition) is 6. The van der Waals surface area contributed by atoms with Crippen LogP contribution in [-0.4, -0.2) is 27.5 Å². The summed E-state index contributed by atoms with van der Waals surface area (Å²) in [6.45, 7) is 2.46. The molecule has 7 heteroatoms. The number of non-ortho nitro benzene ring substituents is 1. The van der Waals surface area contributed by atoms with Gasteiger partial charge < -0.3 is 15.1 Å². The number of phenols is 1. The zero-order valence-corrected chi connectivity index (χ0v) is 18.8. The van der Waals surface area contributed by atoms with Crippen molar-refractivity contribution in [3.63, 3.8) is 0 Å². The van der Waals surface area contributed by atoms with Crippen molar-refractivity contribution in [1.82, 2.24) is 0 Å². The van der Waals surface area contributed by atoms with Gasteiger partial charge in [-0.15, -0.1) is 0 Å². The van der Waals surface area contributed by atoms with Gasteiger partial charge in [-0.25, -0.2) is 0 Å². The lowest BCUT2D eigenvalue weighted by molar-refractivity contribution is -0.384. The van der Waals surface area contributed by atoms with E-state index in [0.29, 0.717) is 23.3 Å². The summed E-state index contributed by atoms with van der Waals surface area (Å²) < 4.78 is 0. The summed E-state index contributed by atoms with van der Waals surface area (Å²) in [5.41, 5.74) is 4.03. The largest absolute Gasteiger partial charge is 0.507 e. The molecular weight excluding hydrogens is 420 g/mol. The molecule has 0 radical (unpaired) electrons. The smallest absolute Gasteiger partial charge is 0.269 e. The molecule has 2 aromatic carbocycles. The van der Waals surface area contributed by atoms with Gasteiger partial charge in [0.1, 0.15) is 12.4 Å². The van der Waals surface area contributed by atoms with Crippen LogP contribution in [-0.2, 0) is 17.9 Å². The van der Waals surface area contributed by atoms with Crippen LogP contribution in [0, 0.1) is 27.4 Å². The Hall–Kier alpha value is -2.93. The summed E-state index contributed by atoms with van der Waals surface area (Å²) in [4.78, 5) is 15.7. The van der Waals surface area contributed by atoms with Gasteiger partial charge in [0.15, 0.2) is 0 Å². The second kappa shape index (κ2) is 8.45. The maximum Gasteiger partial charge on any atom is 0.269 e. The van der Waals surface area contributed by atoms with Gasteiger partial charge in [-0.1, -0.05) is 12.1 Å². The fraction of sp³-hybridized carbons (Fsp3) is 0.500. The Morgan fingerprint density at radius 2 is 2.00 bits per heavy atom. The van der Waals surface area contributed by atoms with Crippen molar-refractivity contribution >= 4 is 11.9 Å². The van der Waals surface area contributed by atoms with Crippen molar-refractivity contribution in [3.05, 3.63) is 68.8 Å². The molecule has 1 unspecified atom stereocenters. The van der Waals surface area contributed by atoms with Crippen LogP contribution < -0.4 is 0 Å². The van der Waals surface area contributed by atoms with Gasteiger partial charge in [0.25, 0.3) is 5.69 Å². The van der Waals surface area contributed by atoms with E-state index in [4.69, 9.17) is 4.84 Å². The summed E-state index contributed by atoms with van der Waals surface area (Å²) in [6.07, 6.45) is 7.57. The number of aryl methyl sites for hydroxylation is 1. The van der Waals surface area contributed by atoms with Crippen molar-refractivity contribution in [2.75, 3.05) is 0 Å². The number of aromatic hydroxyl groups is 1. The predicted molar refractivity (Wildman–Crippen MR) is 124 cm³/mol. The first-order valence-electron chi connectivity index (χ1n) is 11.8. The van der Waals surface area contributed by atoms with Gasteiger partial charge in [0, 0.05) is 17.7 Å². The van der Waals surface area contributed by atoms with Gasteiger partial charge >= 0.3 is 0 Å². The lowest BCUT2D eigenvalue weighted by atomic mass is 9.55. The van der Waals surface area contributed by atoms with Gasteiger partial charge in [-0.05, 0) is 103 Å². The van der Waals surface area contributed by atoms with Crippen molar-refractivity contribution in [2.24, 2.45) is 22.4 Å². The number of aliphatic hydroxyl groups excluding tert-OH is 1. The molecule has 0 amide bonds. The van der Waals surface area contributed by atoms with Crippen LogP contribution in [0.5, 0.6) is 5.75 Å². The summed E-state index contributed by atoms with van der Waals surface area (Å²) in [5, 5.41) is 35.9. The lowest BCUT2D eigenvalue weighted by Crippen LogP contribution is -2.43. The number of phenolic OH excluding ortho intramolecular Hbond substituents is 1. The van der Waals surface area contributed by atoms with Crippen LogP contribution in [0.4, 0.5) is 5.69 Å². The van der Waals surface area contributed by atoms with Gasteiger partial charge in [0.05, 0.1) is 17.2 Å². The molecule has 33 heavy (non-hydrogen) atoms. The summed E-state index contributed by atoms with van der Waals surface area (Å²) in [5.74, 6) is 1.81. The minimum atomic E-state index is -0.437. The number of nitro groups is 1. The highest BCUT2D eigenvalue weighted by Crippen LogP contribution is 2.61. The van der Waals surface area contributed by atoms with E-state index in [9.17, 15) is 20.3 Å². The highest BCUT2D eigenvalue weighted by molar-refractivity contribution is 5.83. The first-order valence-corrected chi connectivity index (χ1v) is 11.8. The molecule has 0 saturated heterocycles. The highest BCUT2D eigenvalue weighted by Gasteiger charge is 2.54. The van der Waals surface area contributed by atoms with Crippen molar-refractivity contribution in [2.45, 2.75) is 64.1 Å². The molecule has 3 aliphatic rings. The number of fused-ring (bicyclic) bond motifs is 5. The molecule has 0 heterocycles. The third-order valence-corrected chi connectivity index (χ3v) is 8.47. The molecule has 5 atom stereocenters. The Labute approximate surface area is 193 Å². The maximum atomic E-state index is 10.8. The average Bonchev–Trinajstić information content (AvgIpc) is 3.11. The molecule has 2 aromatic rings. The van der Waals surface area contributed by atoms with Crippen molar-refractivity contribution < 1.29 is 20.0 Å². The van der Waals surface area contributed by atoms with Crippen LogP contribution in [0.1, 0.15) is 67.2 Å². The molecule has 0 aliphatic heterocycles. The quantitative estimate of drug-likeness (QED) is 0.376. The fourth-order valence-electron chi connectivity index (χ4n) is 6.62. The number of nitro benzene ring substituents is 1. The van der Waals surface area contributed by atoms with Crippen LogP contribution in [0.3, 0.4) is 0 Å². The molecule has 7 nitrogen and oxygen atoms in total. The minimum absolute atomic E-state index is 0.0367. The predicted octanol–water partition coefficient (Wildman–Crippen LogP) is 5.07. The maximum absolute atomic E-state index is 10.8. The summed E-state index contributed by atoms with van der Waals surface area (Å²) in [7, 11) is 0. The number of nitrogens with zero attached hydrogens (tertiary/aromatic N) is 2. The third kappa shape index (κ3) is 3.88. The molecule has 0 aromatic heterocycles. The van der Waals surface area contributed by atoms with Crippen LogP contribution >= 0.6 is 0 Å². The molecule has 174 valence electrons. The Balaban J connectivity index is 1.30. The van der Waals surface area contributed by atoms with Gasteiger partial charge in [-0.3, -0.25) is 10.1 Å². The molecule has 0 spiro atoms. The van der Waals surface area contributed by atoms with Crippen molar-refractivity contribution in [1.29, 1.82) is 0 Å². The monoisotopic (exact) mass is 450 g/mol. The average molecular weight is 451 g/mol. The third-order valence-electron chi connectivity index (χ3n) is 8.47. The van der Waals surface area contributed by atoms with E-state index < -0.39 is 4.92 Å². The Bertz CT molecular complexity index is 1080. The van der Waals surface area contributed by atoms with E-state index in [1.165, 1.54) is 29.5 Å². The molecule has 2 N–H and O–H groups in total. The topological polar surface area (TPSA) is 105 Å². The fourth-order valence-corrected chi connectivity index (χ4v) is 6.62. The molecule has 2 fully saturated rings. The van der Waals surface area contributed by atoms with Crippen LogP contribution in [0.25, 0.3) is 0 Å². The summed E-state index contributed by atoms with van der Waals surface area (Å²) >= 11 is 0. The van der Waals surface area contributed by atoms with Gasteiger partial charge in [0.2, 0.25) is 0 Å². The molecular formula is C26H30N2O5. The molecule has 2 saturated carbocycles. The first kappa shape index (κ1) is 21.9.